The summed E-state index contributed by atoms with van der Waals surface area (Å²) in [6, 6.07) is 5.56. The molecule has 2 aliphatic rings. The fourth-order valence-electron chi connectivity index (χ4n) is 2.70. The lowest BCUT2D eigenvalue weighted by Crippen LogP contribution is -2.40. The molecule has 0 radical (unpaired) electrons. The van der Waals surface area contributed by atoms with E-state index in [1.54, 1.807) is 7.05 Å². The zero-order valence-corrected chi connectivity index (χ0v) is 15.2. The van der Waals surface area contributed by atoms with Crippen LogP contribution in [0.25, 0.3) is 0 Å². The molecule has 0 saturated carbocycles. The van der Waals surface area contributed by atoms with E-state index >= 15 is 0 Å². The van der Waals surface area contributed by atoms with Gasteiger partial charge < -0.3 is 34.3 Å². The van der Waals surface area contributed by atoms with Crippen molar-refractivity contribution in [1.82, 2.24) is 10.6 Å². The van der Waals surface area contributed by atoms with E-state index in [-0.39, 0.29) is 12.9 Å². The first-order valence-electron chi connectivity index (χ1n) is 9.01. The molecular formula is C18H27N3O5. The number of guanidine groups is 1. The Morgan fingerprint density at radius 3 is 2.92 bits per heavy atom. The zero-order valence-electron chi connectivity index (χ0n) is 15.2. The third-order valence-electron chi connectivity index (χ3n) is 4.09. The minimum absolute atomic E-state index is 0.265. The van der Waals surface area contributed by atoms with Crippen LogP contribution in [-0.2, 0) is 9.47 Å². The van der Waals surface area contributed by atoms with Crippen molar-refractivity contribution in [2.75, 3.05) is 53.4 Å². The highest BCUT2D eigenvalue weighted by Gasteiger charge is 2.15. The number of benzene rings is 1. The van der Waals surface area contributed by atoms with Crippen LogP contribution in [0.4, 0.5) is 0 Å². The smallest absolute Gasteiger partial charge is 0.231 e. The molecule has 1 aromatic carbocycles. The normalized spacial score (nSPS) is 18.8. The topological polar surface area (TPSA) is 82.6 Å². The van der Waals surface area contributed by atoms with Crippen LogP contribution in [0.3, 0.4) is 0 Å². The molecule has 0 spiro atoms. The van der Waals surface area contributed by atoms with Gasteiger partial charge in [-0.3, -0.25) is 4.99 Å². The minimum atomic E-state index is 0.265. The van der Waals surface area contributed by atoms with E-state index in [0.717, 1.165) is 62.4 Å². The fraction of sp³-hybridized carbons (Fsp3) is 0.611. The molecule has 1 fully saturated rings. The third kappa shape index (κ3) is 5.67. The van der Waals surface area contributed by atoms with Gasteiger partial charge in [0.1, 0.15) is 12.4 Å². The number of nitrogens with zero attached hydrogens (tertiary/aromatic N) is 1. The molecule has 1 saturated heterocycles. The molecule has 0 aromatic heterocycles. The van der Waals surface area contributed by atoms with Crippen LogP contribution in [0.1, 0.15) is 12.8 Å². The Morgan fingerprint density at radius 1 is 1.19 bits per heavy atom. The van der Waals surface area contributed by atoms with Gasteiger partial charge in [0.25, 0.3) is 0 Å². The van der Waals surface area contributed by atoms with Gasteiger partial charge in [-0.25, -0.2) is 0 Å². The molecule has 8 nitrogen and oxygen atoms in total. The lowest BCUT2D eigenvalue weighted by Gasteiger charge is -2.13. The average Bonchev–Trinajstić information content (AvgIpc) is 3.34. The maximum Gasteiger partial charge on any atom is 0.231 e. The van der Waals surface area contributed by atoms with E-state index in [1.807, 2.05) is 18.2 Å². The van der Waals surface area contributed by atoms with Crippen LogP contribution in [-0.4, -0.2) is 65.4 Å². The van der Waals surface area contributed by atoms with Gasteiger partial charge in [0, 0.05) is 32.9 Å². The quantitative estimate of drug-likeness (QED) is 0.386. The maximum atomic E-state index is 5.73. The molecular weight excluding hydrogens is 338 g/mol. The molecule has 0 amide bonds. The molecule has 1 atom stereocenters. The summed E-state index contributed by atoms with van der Waals surface area (Å²) in [6.45, 7) is 4.49. The summed E-state index contributed by atoms with van der Waals surface area (Å²) < 4.78 is 27.3. The number of hydrogen-bond acceptors (Lipinski definition) is 6. The SMILES string of the molecule is CN=C(NCCCOC1CCOC1)NCCOc1ccc2c(c1)OCO2. The predicted octanol–water partition coefficient (Wildman–Crippen LogP) is 1.15. The van der Waals surface area contributed by atoms with Crippen molar-refractivity contribution >= 4 is 5.96 Å². The van der Waals surface area contributed by atoms with E-state index in [1.165, 1.54) is 0 Å². The molecule has 2 aliphatic heterocycles. The van der Waals surface area contributed by atoms with Gasteiger partial charge in [-0.2, -0.15) is 0 Å². The highest BCUT2D eigenvalue weighted by molar-refractivity contribution is 5.79. The second-order valence-electron chi connectivity index (χ2n) is 6.00. The summed E-state index contributed by atoms with van der Waals surface area (Å²) in [7, 11) is 1.75. The monoisotopic (exact) mass is 365 g/mol. The zero-order chi connectivity index (χ0) is 18.0. The first kappa shape index (κ1) is 18.6. The van der Waals surface area contributed by atoms with Crippen LogP contribution in [0.5, 0.6) is 17.2 Å². The van der Waals surface area contributed by atoms with Crippen LogP contribution in [0, 0.1) is 0 Å². The van der Waals surface area contributed by atoms with Crippen LogP contribution in [0.2, 0.25) is 0 Å². The summed E-state index contributed by atoms with van der Waals surface area (Å²) >= 11 is 0. The predicted molar refractivity (Wildman–Crippen MR) is 97.2 cm³/mol. The van der Waals surface area contributed by atoms with Gasteiger partial charge in [-0.05, 0) is 25.0 Å². The largest absolute Gasteiger partial charge is 0.492 e. The van der Waals surface area contributed by atoms with Crippen molar-refractivity contribution in [3.05, 3.63) is 18.2 Å². The van der Waals surface area contributed by atoms with Crippen LogP contribution >= 0.6 is 0 Å². The number of aliphatic imine (C=N–C) groups is 1. The standard InChI is InChI=1S/C18H27N3O5/c1-19-18(20-6-2-8-23-15-5-9-22-12-15)21-7-10-24-14-3-4-16-17(11-14)26-13-25-16/h3-4,11,15H,2,5-10,12-13H2,1H3,(H2,19,20,21). The number of ether oxygens (including phenoxy) is 5. The van der Waals surface area contributed by atoms with Gasteiger partial charge in [0.2, 0.25) is 6.79 Å². The van der Waals surface area contributed by atoms with Crippen LogP contribution in [0.15, 0.2) is 23.2 Å². The second kappa shape index (κ2) is 10.1. The van der Waals surface area contributed by atoms with Crippen molar-refractivity contribution in [1.29, 1.82) is 0 Å². The van der Waals surface area contributed by atoms with E-state index in [4.69, 9.17) is 23.7 Å². The maximum absolute atomic E-state index is 5.73. The minimum Gasteiger partial charge on any atom is -0.492 e. The van der Waals surface area contributed by atoms with E-state index < -0.39 is 0 Å². The van der Waals surface area contributed by atoms with E-state index in [9.17, 15) is 0 Å². The average molecular weight is 365 g/mol. The summed E-state index contributed by atoms with van der Waals surface area (Å²) in [4.78, 5) is 4.20. The lowest BCUT2D eigenvalue weighted by molar-refractivity contribution is 0.0420. The molecule has 1 aromatic rings. The molecule has 2 heterocycles. The fourth-order valence-corrected chi connectivity index (χ4v) is 2.70. The Morgan fingerprint density at radius 2 is 2.08 bits per heavy atom. The Kier molecular flexibility index (Phi) is 7.21. The van der Waals surface area contributed by atoms with E-state index in [2.05, 4.69) is 15.6 Å². The highest BCUT2D eigenvalue weighted by atomic mass is 16.7. The number of rotatable bonds is 9. The highest BCUT2D eigenvalue weighted by Crippen LogP contribution is 2.34. The van der Waals surface area contributed by atoms with Crippen LogP contribution < -0.4 is 24.8 Å². The van der Waals surface area contributed by atoms with Gasteiger partial charge in [0.15, 0.2) is 17.5 Å². The van der Waals surface area contributed by atoms with Crippen molar-refractivity contribution in [2.24, 2.45) is 4.99 Å². The summed E-state index contributed by atoms with van der Waals surface area (Å²) in [5.74, 6) is 2.99. The molecule has 0 aliphatic carbocycles. The van der Waals surface area contributed by atoms with Gasteiger partial charge in [-0.15, -0.1) is 0 Å². The number of fused-ring (bicyclic) bond motifs is 1. The number of nitrogens with one attached hydrogen (secondary N) is 2. The first-order chi connectivity index (χ1) is 12.8. The molecule has 0 bridgehead atoms. The second-order valence-corrected chi connectivity index (χ2v) is 6.00. The molecule has 3 rings (SSSR count). The molecule has 144 valence electrons. The summed E-state index contributed by atoms with van der Waals surface area (Å²) in [6.07, 6.45) is 2.19. The third-order valence-corrected chi connectivity index (χ3v) is 4.09. The van der Waals surface area contributed by atoms with Gasteiger partial charge in [-0.1, -0.05) is 0 Å². The van der Waals surface area contributed by atoms with Gasteiger partial charge in [0.05, 0.1) is 19.3 Å². The van der Waals surface area contributed by atoms with Crippen molar-refractivity contribution in [3.63, 3.8) is 0 Å². The molecule has 1 unspecified atom stereocenters. The molecule has 26 heavy (non-hydrogen) atoms. The van der Waals surface area contributed by atoms with Crippen molar-refractivity contribution in [3.8, 4) is 17.2 Å². The molecule has 2 N–H and O–H groups in total. The molecule has 8 heteroatoms. The summed E-state index contributed by atoms with van der Waals surface area (Å²) in [5.41, 5.74) is 0. The Labute approximate surface area is 153 Å². The van der Waals surface area contributed by atoms with E-state index in [0.29, 0.717) is 13.2 Å². The number of hydrogen-bond donors (Lipinski definition) is 2. The van der Waals surface area contributed by atoms with Gasteiger partial charge >= 0.3 is 0 Å². The van der Waals surface area contributed by atoms with Crippen molar-refractivity contribution < 1.29 is 23.7 Å². The Balaban J connectivity index is 1.24. The Bertz CT molecular complexity index is 590. The lowest BCUT2D eigenvalue weighted by atomic mass is 10.3. The Hall–Kier alpha value is -2.19. The first-order valence-corrected chi connectivity index (χ1v) is 9.01. The van der Waals surface area contributed by atoms with Crippen molar-refractivity contribution in [2.45, 2.75) is 18.9 Å². The summed E-state index contributed by atoms with van der Waals surface area (Å²) in [5, 5.41) is 6.48.